The Morgan fingerprint density at radius 2 is 1.77 bits per heavy atom. The van der Waals surface area contributed by atoms with Gasteiger partial charge in [0.1, 0.15) is 0 Å². The molecule has 0 fully saturated rings. The molecule has 22 heavy (non-hydrogen) atoms. The first-order valence-electron chi connectivity index (χ1n) is 8.44. The number of aliphatic imine (C=N–C) groups is 1. The van der Waals surface area contributed by atoms with Gasteiger partial charge in [-0.05, 0) is 70.9 Å². The van der Waals surface area contributed by atoms with Crippen molar-refractivity contribution in [1.29, 1.82) is 0 Å². The fourth-order valence-electron chi connectivity index (χ4n) is 2.27. The summed E-state index contributed by atoms with van der Waals surface area (Å²) in [6, 6.07) is 10.2. The molecule has 0 aliphatic rings. The van der Waals surface area contributed by atoms with E-state index in [0.29, 0.717) is 5.92 Å². The number of allylic oxidation sites excluding steroid dienone is 4. The van der Waals surface area contributed by atoms with Crippen LogP contribution >= 0.6 is 0 Å². The second-order valence-electron chi connectivity index (χ2n) is 6.44. The van der Waals surface area contributed by atoms with Crippen LogP contribution in [0, 0.1) is 5.92 Å². The molecule has 1 rings (SSSR count). The third-order valence-electron chi connectivity index (χ3n) is 3.75. The molecule has 1 nitrogen and oxygen atoms in total. The Hall–Kier alpha value is -1.63. The lowest BCUT2D eigenvalue weighted by Gasteiger charge is -2.06. The quantitative estimate of drug-likeness (QED) is 0.347. The van der Waals surface area contributed by atoms with Crippen molar-refractivity contribution in [3.8, 4) is 0 Å². The normalized spacial score (nSPS) is 13.4. The Labute approximate surface area is 136 Å². The lowest BCUT2D eigenvalue weighted by atomic mass is 10.0. The van der Waals surface area contributed by atoms with Gasteiger partial charge in [0, 0.05) is 6.21 Å². The summed E-state index contributed by atoms with van der Waals surface area (Å²) in [6.45, 7) is 8.89. The van der Waals surface area contributed by atoms with Crippen LogP contribution in [0.3, 0.4) is 0 Å². The molecule has 0 N–H and O–H groups in total. The molecule has 0 aliphatic carbocycles. The summed E-state index contributed by atoms with van der Waals surface area (Å²) in [4.78, 5) is 4.50. The molecule has 1 aromatic rings. The van der Waals surface area contributed by atoms with Crippen molar-refractivity contribution < 1.29 is 0 Å². The van der Waals surface area contributed by atoms with Crippen LogP contribution in [0.1, 0.15) is 59.8 Å². The van der Waals surface area contributed by atoms with Gasteiger partial charge in [-0.1, -0.05) is 48.4 Å². The first-order valence-corrected chi connectivity index (χ1v) is 8.44. The van der Waals surface area contributed by atoms with Gasteiger partial charge in [-0.2, -0.15) is 0 Å². The Morgan fingerprint density at radius 3 is 2.45 bits per heavy atom. The van der Waals surface area contributed by atoms with Gasteiger partial charge in [-0.25, -0.2) is 0 Å². The van der Waals surface area contributed by atoms with Gasteiger partial charge in [-0.3, -0.25) is 4.99 Å². The van der Waals surface area contributed by atoms with E-state index in [1.54, 1.807) is 0 Å². The van der Waals surface area contributed by atoms with Crippen LogP contribution in [-0.4, -0.2) is 6.21 Å². The molecule has 1 atom stereocenters. The molecule has 0 amide bonds. The zero-order valence-corrected chi connectivity index (χ0v) is 14.7. The maximum absolute atomic E-state index is 4.50. The molecule has 120 valence electrons. The number of rotatable bonds is 9. The molecule has 0 aromatic heterocycles. The van der Waals surface area contributed by atoms with Gasteiger partial charge in [-0.15, -0.1) is 0 Å². The van der Waals surface area contributed by atoms with E-state index in [2.05, 4.69) is 51.1 Å². The average molecular weight is 297 g/mol. The van der Waals surface area contributed by atoms with Crippen LogP contribution in [-0.2, 0) is 0 Å². The minimum Gasteiger partial charge on any atom is -0.261 e. The Kier molecular flexibility index (Phi) is 9.21. The summed E-state index contributed by atoms with van der Waals surface area (Å²) < 4.78 is 0. The summed E-state index contributed by atoms with van der Waals surface area (Å²) in [6.07, 6.45) is 12.6. The molecular weight excluding hydrogens is 266 g/mol. The molecule has 0 saturated heterocycles. The zero-order valence-electron chi connectivity index (χ0n) is 14.7. The standard InChI is InChI=1S/C21H31N/c1-18(2)10-8-11-19(3)12-9-13-20(4)16-17-22-21-14-6-5-7-15-21/h5-7,10,12,14-15,17,20H,8-9,11,13,16H2,1-4H3. The molecule has 0 radical (unpaired) electrons. The van der Waals surface area contributed by atoms with Crippen molar-refractivity contribution in [2.24, 2.45) is 10.9 Å². The van der Waals surface area contributed by atoms with E-state index in [1.165, 1.54) is 36.8 Å². The van der Waals surface area contributed by atoms with E-state index < -0.39 is 0 Å². The van der Waals surface area contributed by atoms with Crippen molar-refractivity contribution in [3.05, 3.63) is 53.6 Å². The molecule has 1 aromatic carbocycles. The molecule has 0 saturated carbocycles. The van der Waals surface area contributed by atoms with Crippen LogP contribution in [0.5, 0.6) is 0 Å². The highest BCUT2D eigenvalue weighted by Gasteiger charge is 1.99. The van der Waals surface area contributed by atoms with E-state index in [-0.39, 0.29) is 0 Å². The molecule has 0 spiro atoms. The maximum atomic E-state index is 4.50. The largest absolute Gasteiger partial charge is 0.261 e. The van der Waals surface area contributed by atoms with Gasteiger partial charge in [0.2, 0.25) is 0 Å². The predicted octanol–water partition coefficient (Wildman–Crippen LogP) is 6.89. The molecule has 0 bridgehead atoms. The van der Waals surface area contributed by atoms with Gasteiger partial charge >= 0.3 is 0 Å². The van der Waals surface area contributed by atoms with Gasteiger partial charge in [0.15, 0.2) is 0 Å². The van der Waals surface area contributed by atoms with Crippen molar-refractivity contribution in [2.45, 2.75) is 59.8 Å². The Morgan fingerprint density at radius 1 is 1.05 bits per heavy atom. The third-order valence-corrected chi connectivity index (χ3v) is 3.75. The minimum atomic E-state index is 0.689. The second-order valence-corrected chi connectivity index (χ2v) is 6.44. The summed E-state index contributed by atoms with van der Waals surface area (Å²) in [5, 5.41) is 0. The summed E-state index contributed by atoms with van der Waals surface area (Å²) in [5.41, 5.74) is 3.98. The first-order chi connectivity index (χ1) is 10.6. The van der Waals surface area contributed by atoms with Crippen molar-refractivity contribution in [2.75, 3.05) is 0 Å². The highest BCUT2D eigenvalue weighted by Crippen LogP contribution is 2.14. The third kappa shape index (κ3) is 9.33. The number of para-hydroxylation sites is 1. The topological polar surface area (TPSA) is 12.4 Å². The molecule has 1 unspecified atom stereocenters. The first kappa shape index (κ1) is 18.4. The van der Waals surface area contributed by atoms with E-state index in [4.69, 9.17) is 0 Å². The van der Waals surface area contributed by atoms with Crippen molar-refractivity contribution in [3.63, 3.8) is 0 Å². The highest BCUT2D eigenvalue weighted by molar-refractivity contribution is 5.63. The van der Waals surface area contributed by atoms with Crippen LogP contribution < -0.4 is 0 Å². The lowest BCUT2D eigenvalue weighted by molar-refractivity contribution is 0.562. The monoisotopic (exact) mass is 297 g/mol. The van der Waals surface area contributed by atoms with Gasteiger partial charge in [0.05, 0.1) is 5.69 Å². The molecule has 0 heterocycles. The van der Waals surface area contributed by atoms with Gasteiger partial charge < -0.3 is 0 Å². The molecular formula is C21H31N. The van der Waals surface area contributed by atoms with E-state index in [0.717, 1.165) is 12.1 Å². The van der Waals surface area contributed by atoms with E-state index in [9.17, 15) is 0 Å². The number of hydrogen-bond acceptors (Lipinski definition) is 1. The van der Waals surface area contributed by atoms with Crippen molar-refractivity contribution in [1.82, 2.24) is 0 Å². The van der Waals surface area contributed by atoms with Crippen LogP contribution in [0.15, 0.2) is 58.6 Å². The van der Waals surface area contributed by atoms with Crippen molar-refractivity contribution >= 4 is 11.9 Å². The summed E-state index contributed by atoms with van der Waals surface area (Å²) >= 11 is 0. The predicted molar refractivity (Wildman–Crippen MR) is 100 cm³/mol. The fraction of sp³-hybridized carbons (Fsp3) is 0.476. The van der Waals surface area contributed by atoms with E-state index in [1.807, 2.05) is 30.3 Å². The summed E-state index contributed by atoms with van der Waals surface area (Å²) in [7, 11) is 0. The second kappa shape index (κ2) is 11.0. The number of benzene rings is 1. The summed E-state index contributed by atoms with van der Waals surface area (Å²) in [5.74, 6) is 0.689. The lowest BCUT2D eigenvalue weighted by Crippen LogP contribution is -1.94. The zero-order chi connectivity index (χ0) is 16.2. The van der Waals surface area contributed by atoms with Crippen LogP contribution in [0.4, 0.5) is 5.69 Å². The minimum absolute atomic E-state index is 0.689. The van der Waals surface area contributed by atoms with Gasteiger partial charge in [0.25, 0.3) is 0 Å². The fourth-order valence-corrected chi connectivity index (χ4v) is 2.27. The highest BCUT2D eigenvalue weighted by atomic mass is 14.7. The SMILES string of the molecule is CC(C)=CCCC(C)=CCCC(C)CC=Nc1ccccc1. The van der Waals surface area contributed by atoms with Crippen LogP contribution in [0.25, 0.3) is 0 Å². The average Bonchev–Trinajstić information content (AvgIpc) is 2.48. The molecule has 1 heteroatoms. The maximum Gasteiger partial charge on any atom is 0.0625 e. The van der Waals surface area contributed by atoms with Crippen LogP contribution in [0.2, 0.25) is 0 Å². The molecule has 0 aliphatic heterocycles. The Balaban J connectivity index is 2.21. The Bertz CT molecular complexity index is 490. The number of hydrogen-bond donors (Lipinski definition) is 0. The van der Waals surface area contributed by atoms with E-state index >= 15 is 0 Å². The number of nitrogens with zero attached hydrogens (tertiary/aromatic N) is 1. The smallest absolute Gasteiger partial charge is 0.0625 e.